The van der Waals surface area contributed by atoms with Crippen LogP contribution in [0.5, 0.6) is 0 Å². The highest BCUT2D eigenvalue weighted by molar-refractivity contribution is 6.36. The van der Waals surface area contributed by atoms with Crippen LogP contribution in [0, 0.1) is 6.92 Å². The molecule has 18 heavy (non-hydrogen) atoms. The van der Waals surface area contributed by atoms with E-state index >= 15 is 0 Å². The van der Waals surface area contributed by atoms with Crippen molar-refractivity contribution in [1.82, 2.24) is 0 Å². The van der Waals surface area contributed by atoms with E-state index in [1.807, 2.05) is 19.1 Å². The van der Waals surface area contributed by atoms with Crippen LogP contribution in [0.3, 0.4) is 0 Å². The third kappa shape index (κ3) is 5.49. The van der Waals surface area contributed by atoms with Crippen LogP contribution < -0.4 is 4.90 Å². The van der Waals surface area contributed by atoms with E-state index in [9.17, 15) is 0 Å². The van der Waals surface area contributed by atoms with Gasteiger partial charge < -0.3 is 4.90 Å². The molecule has 0 radical (unpaired) electrons. The second-order valence-corrected chi connectivity index (χ2v) is 5.14. The fraction of sp³-hybridized carbons (Fsp3) is 0.600. The normalized spacial score (nSPS) is 9.72. The zero-order chi connectivity index (χ0) is 14.1. The SMILES string of the molecule is CCC.CCCN(CC)c1cc(Cl)c(C)c(Cl)c1. The summed E-state index contributed by atoms with van der Waals surface area (Å²) in [6, 6.07) is 3.98. The van der Waals surface area contributed by atoms with Crippen LogP contribution in [0.2, 0.25) is 10.0 Å². The molecular weight excluding hydrogens is 265 g/mol. The zero-order valence-electron chi connectivity index (χ0n) is 12.2. The molecule has 0 N–H and O–H groups in total. The van der Waals surface area contributed by atoms with E-state index in [1.54, 1.807) is 0 Å². The Kier molecular flexibility index (Phi) is 9.31. The van der Waals surface area contributed by atoms with E-state index in [0.29, 0.717) is 0 Å². The lowest BCUT2D eigenvalue weighted by atomic mass is 10.2. The second kappa shape index (κ2) is 9.52. The third-order valence-corrected chi connectivity index (χ3v) is 3.29. The molecule has 3 heteroatoms. The van der Waals surface area contributed by atoms with Gasteiger partial charge in [-0.05, 0) is 38.0 Å². The molecule has 0 aliphatic carbocycles. The van der Waals surface area contributed by atoms with Gasteiger partial charge in [0.25, 0.3) is 0 Å². The van der Waals surface area contributed by atoms with E-state index in [1.165, 1.54) is 6.42 Å². The molecule has 0 atom stereocenters. The lowest BCUT2D eigenvalue weighted by Gasteiger charge is -2.23. The van der Waals surface area contributed by atoms with E-state index in [-0.39, 0.29) is 0 Å². The summed E-state index contributed by atoms with van der Waals surface area (Å²) in [5.74, 6) is 0. The summed E-state index contributed by atoms with van der Waals surface area (Å²) in [5.41, 5.74) is 2.06. The first kappa shape index (κ1) is 17.6. The van der Waals surface area contributed by atoms with E-state index in [2.05, 4.69) is 32.6 Å². The van der Waals surface area contributed by atoms with Crippen molar-refractivity contribution in [3.63, 3.8) is 0 Å². The number of nitrogens with zero attached hydrogens (tertiary/aromatic N) is 1. The van der Waals surface area contributed by atoms with Gasteiger partial charge in [-0.3, -0.25) is 0 Å². The molecule has 104 valence electrons. The lowest BCUT2D eigenvalue weighted by Crippen LogP contribution is -2.23. The molecular formula is C15H25Cl2N. The molecule has 0 aromatic heterocycles. The fourth-order valence-electron chi connectivity index (χ4n) is 1.55. The van der Waals surface area contributed by atoms with Crippen molar-refractivity contribution in [2.45, 2.75) is 47.5 Å². The van der Waals surface area contributed by atoms with Gasteiger partial charge in [0.05, 0.1) is 0 Å². The smallest absolute Gasteiger partial charge is 0.0470 e. The van der Waals surface area contributed by atoms with Crippen molar-refractivity contribution < 1.29 is 0 Å². The first-order valence-corrected chi connectivity index (χ1v) is 7.47. The van der Waals surface area contributed by atoms with Gasteiger partial charge in [-0.1, -0.05) is 50.4 Å². The molecule has 0 heterocycles. The van der Waals surface area contributed by atoms with Crippen molar-refractivity contribution in [1.29, 1.82) is 0 Å². The maximum atomic E-state index is 6.11. The number of rotatable bonds is 4. The summed E-state index contributed by atoms with van der Waals surface area (Å²) in [4.78, 5) is 2.28. The summed E-state index contributed by atoms with van der Waals surface area (Å²) < 4.78 is 0. The minimum absolute atomic E-state index is 0.743. The van der Waals surface area contributed by atoms with Gasteiger partial charge in [0.15, 0.2) is 0 Å². The quantitative estimate of drug-likeness (QED) is 0.661. The summed E-state index contributed by atoms with van der Waals surface area (Å²) >= 11 is 12.2. The predicted octanol–water partition coefficient (Wildman–Crippen LogP) is 5.95. The minimum atomic E-state index is 0.743. The van der Waals surface area contributed by atoms with Crippen LogP contribution in [-0.4, -0.2) is 13.1 Å². The van der Waals surface area contributed by atoms with Crippen LogP contribution in [0.1, 0.15) is 46.1 Å². The Balaban J connectivity index is 0.000000873. The van der Waals surface area contributed by atoms with Crippen LogP contribution in [0.15, 0.2) is 12.1 Å². The Morgan fingerprint density at radius 1 is 1.00 bits per heavy atom. The van der Waals surface area contributed by atoms with Gasteiger partial charge in [-0.15, -0.1) is 0 Å². The number of halogens is 2. The second-order valence-electron chi connectivity index (χ2n) is 4.32. The Labute approximate surface area is 122 Å². The molecule has 0 bridgehead atoms. The number of hydrogen-bond donors (Lipinski definition) is 0. The molecule has 1 nitrogen and oxygen atoms in total. The van der Waals surface area contributed by atoms with E-state index < -0.39 is 0 Å². The average molecular weight is 290 g/mol. The summed E-state index contributed by atoms with van der Waals surface area (Å²) in [7, 11) is 0. The first-order chi connectivity index (χ1) is 8.51. The lowest BCUT2D eigenvalue weighted by molar-refractivity contribution is 0.792. The van der Waals surface area contributed by atoms with Crippen LogP contribution in [0.25, 0.3) is 0 Å². The molecule has 0 saturated carbocycles. The van der Waals surface area contributed by atoms with Crippen molar-refractivity contribution in [3.05, 3.63) is 27.7 Å². The fourth-order valence-corrected chi connectivity index (χ4v) is 2.03. The van der Waals surface area contributed by atoms with E-state index in [4.69, 9.17) is 23.2 Å². The average Bonchev–Trinajstić information content (AvgIpc) is 2.33. The number of hydrogen-bond acceptors (Lipinski definition) is 1. The van der Waals surface area contributed by atoms with Crippen LogP contribution in [-0.2, 0) is 0 Å². The first-order valence-electron chi connectivity index (χ1n) is 6.72. The highest BCUT2D eigenvalue weighted by Crippen LogP contribution is 2.30. The topological polar surface area (TPSA) is 3.24 Å². The predicted molar refractivity (Wildman–Crippen MR) is 85.3 cm³/mol. The Morgan fingerprint density at radius 3 is 1.78 bits per heavy atom. The van der Waals surface area contributed by atoms with Crippen molar-refractivity contribution in [3.8, 4) is 0 Å². The molecule has 0 aliphatic rings. The minimum Gasteiger partial charge on any atom is -0.372 e. The summed E-state index contributed by atoms with van der Waals surface area (Å²) in [6.07, 6.45) is 2.37. The maximum Gasteiger partial charge on any atom is 0.0470 e. The maximum absolute atomic E-state index is 6.11. The van der Waals surface area contributed by atoms with Crippen LogP contribution >= 0.6 is 23.2 Å². The van der Waals surface area contributed by atoms with Gasteiger partial charge in [0, 0.05) is 28.8 Å². The Bertz CT molecular complexity index is 327. The molecule has 0 unspecified atom stereocenters. The van der Waals surface area contributed by atoms with Crippen LogP contribution in [0.4, 0.5) is 5.69 Å². The van der Waals surface area contributed by atoms with Crippen molar-refractivity contribution >= 4 is 28.9 Å². The number of anilines is 1. The van der Waals surface area contributed by atoms with Gasteiger partial charge in [-0.25, -0.2) is 0 Å². The molecule has 1 aromatic carbocycles. The largest absolute Gasteiger partial charge is 0.372 e. The number of benzene rings is 1. The zero-order valence-corrected chi connectivity index (χ0v) is 13.7. The summed E-state index contributed by atoms with van der Waals surface area (Å²) in [6.45, 7) is 12.5. The highest BCUT2D eigenvalue weighted by atomic mass is 35.5. The molecule has 0 saturated heterocycles. The van der Waals surface area contributed by atoms with Gasteiger partial charge >= 0.3 is 0 Å². The molecule has 0 aliphatic heterocycles. The van der Waals surface area contributed by atoms with Gasteiger partial charge in [-0.2, -0.15) is 0 Å². The monoisotopic (exact) mass is 289 g/mol. The van der Waals surface area contributed by atoms with Crippen molar-refractivity contribution in [2.24, 2.45) is 0 Å². The molecule has 0 spiro atoms. The van der Waals surface area contributed by atoms with Gasteiger partial charge in [0.2, 0.25) is 0 Å². The van der Waals surface area contributed by atoms with Gasteiger partial charge in [0.1, 0.15) is 0 Å². The van der Waals surface area contributed by atoms with E-state index in [0.717, 1.165) is 40.8 Å². The third-order valence-electron chi connectivity index (χ3n) is 2.51. The standard InChI is InChI=1S/C12H17Cl2N.C3H8/c1-4-6-15(5-2)10-7-11(13)9(3)12(14)8-10;1-3-2/h7-8H,4-6H2,1-3H3;3H2,1-2H3. The summed E-state index contributed by atoms with van der Waals surface area (Å²) in [5, 5.41) is 1.49. The molecule has 0 amide bonds. The Hall–Kier alpha value is -0.400. The molecule has 1 rings (SSSR count). The highest BCUT2D eigenvalue weighted by Gasteiger charge is 2.08. The Morgan fingerprint density at radius 2 is 1.44 bits per heavy atom. The molecule has 0 fully saturated rings. The molecule has 1 aromatic rings. The van der Waals surface area contributed by atoms with Crippen molar-refractivity contribution in [2.75, 3.05) is 18.0 Å².